The van der Waals surface area contributed by atoms with Gasteiger partial charge in [-0.15, -0.1) is 0 Å². The molecule has 2 aromatic rings. The van der Waals surface area contributed by atoms with Gasteiger partial charge in [0.05, 0.1) is 11.6 Å². The summed E-state index contributed by atoms with van der Waals surface area (Å²) in [4.78, 5) is 4.43. The minimum atomic E-state index is -1.15. The summed E-state index contributed by atoms with van der Waals surface area (Å²) in [6.45, 7) is 7.73. The van der Waals surface area contributed by atoms with Crippen LogP contribution in [-0.4, -0.2) is 49.3 Å². The first-order valence-corrected chi connectivity index (χ1v) is 10.1. The molecule has 0 radical (unpaired) electrons. The van der Waals surface area contributed by atoms with Crippen molar-refractivity contribution in [2.24, 2.45) is 0 Å². The molecule has 1 atom stereocenters. The van der Waals surface area contributed by atoms with Crippen LogP contribution in [0.15, 0.2) is 30.3 Å². The summed E-state index contributed by atoms with van der Waals surface area (Å²) >= 11 is 6.62. The third-order valence-corrected chi connectivity index (χ3v) is 5.84. The topological polar surface area (TPSA) is 26.7 Å². The Balaban J connectivity index is 2.01. The lowest BCUT2D eigenvalue weighted by Crippen LogP contribution is -2.47. The first kappa shape index (κ1) is 21.0. The second-order valence-corrected chi connectivity index (χ2v) is 7.66. The molecule has 152 valence electrons. The van der Waals surface area contributed by atoms with Crippen molar-refractivity contribution in [2.45, 2.75) is 26.4 Å². The number of aliphatic hydroxyl groups is 1. The van der Waals surface area contributed by atoms with Crippen LogP contribution in [0.25, 0.3) is 11.1 Å². The van der Waals surface area contributed by atoms with Crippen molar-refractivity contribution in [2.75, 3.05) is 44.2 Å². The SMILES string of the molecule is CC[C@@H](F)c1cc(N2CCN(CCO)CC2)cc(-c2ccc(F)cc2C)c1Cl. The van der Waals surface area contributed by atoms with E-state index >= 15 is 0 Å². The van der Waals surface area contributed by atoms with Gasteiger partial charge in [0.15, 0.2) is 0 Å². The summed E-state index contributed by atoms with van der Waals surface area (Å²) in [7, 11) is 0. The Kier molecular flexibility index (Phi) is 6.91. The van der Waals surface area contributed by atoms with Crippen molar-refractivity contribution in [3.8, 4) is 11.1 Å². The Morgan fingerprint density at radius 2 is 1.82 bits per heavy atom. The molecule has 0 unspecified atom stereocenters. The molecule has 3 rings (SSSR count). The van der Waals surface area contributed by atoms with Gasteiger partial charge in [-0.3, -0.25) is 4.90 Å². The van der Waals surface area contributed by atoms with E-state index in [1.54, 1.807) is 13.0 Å². The van der Waals surface area contributed by atoms with Crippen LogP contribution in [0.5, 0.6) is 0 Å². The predicted octanol–water partition coefficient (Wildman–Crippen LogP) is 4.99. The quantitative estimate of drug-likeness (QED) is 0.729. The van der Waals surface area contributed by atoms with E-state index in [1.807, 2.05) is 19.1 Å². The molecule has 2 aromatic carbocycles. The third-order valence-electron chi connectivity index (χ3n) is 5.41. The van der Waals surface area contributed by atoms with E-state index < -0.39 is 6.17 Å². The highest BCUT2D eigenvalue weighted by molar-refractivity contribution is 6.34. The molecule has 3 nitrogen and oxygen atoms in total. The zero-order chi connectivity index (χ0) is 20.3. The van der Waals surface area contributed by atoms with E-state index in [0.717, 1.165) is 48.6 Å². The zero-order valence-corrected chi connectivity index (χ0v) is 17.1. The predicted molar refractivity (Wildman–Crippen MR) is 111 cm³/mol. The van der Waals surface area contributed by atoms with Crippen molar-refractivity contribution >= 4 is 17.3 Å². The molecule has 28 heavy (non-hydrogen) atoms. The van der Waals surface area contributed by atoms with Gasteiger partial charge in [-0.25, -0.2) is 8.78 Å². The summed E-state index contributed by atoms with van der Waals surface area (Å²) in [5.41, 5.74) is 3.73. The van der Waals surface area contributed by atoms with E-state index in [1.165, 1.54) is 12.1 Å². The molecular weight excluding hydrogens is 382 g/mol. The van der Waals surface area contributed by atoms with Crippen molar-refractivity contribution in [1.29, 1.82) is 0 Å². The number of alkyl halides is 1. The van der Waals surface area contributed by atoms with Crippen LogP contribution in [0.3, 0.4) is 0 Å². The van der Waals surface area contributed by atoms with Gasteiger partial charge >= 0.3 is 0 Å². The highest BCUT2D eigenvalue weighted by atomic mass is 35.5. The van der Waals surface area contributed by atoms with Crippen molar-refractivity contribution < 1.29 is 13.9 Å². The maximum Gasteiger partial charge on any atom is 0.126 e. The van der Waals surface area contributed by atoms with Gasteiger partial charge in [-0.2, -0.15) is 0 Å². The Morgan fingerprint density at radius 1 is 1.11 bits per heavy atom. The maximum absolute atomic E-state index is 14.7. The van der Waals surface area contributed by atoms with Gasteiger partial charge in [0.2, 0.25) is 0 Å². The monoisotopic (exact) mass is 408 g/mol. The Bertz CT molecular complexity index is 822. The first-order chi connectivity index (χ1) is 13.4. The lowest BCUT2D eigenvalue weighted by atomic mass is 9.95. The third kappa shape index (κ3) is 4.48. The number of aryl methyl sites for hydroxylation is 1. The lowest BCUT2D eigenvalue weighted by Gasteiger charge is -2.36. The molecule has 1 aliphatic heterocycles. The molecule has 1 heterocycles. The lowest BCUT2D eigenvalue weighted by molar-refractivity contribution is 0.189. The minimum Gasteiger partial charge on any atom is -0.395 e. The van der Waals surface area contributed by atoms with E-state index in [4.69, 9.17) is 16.7 Å². The fraction of sp³-hybridized carbons (Fsp3) is 0.455. The minimum absolute atomic E-state index is 0.152. The van der Waals surface area contributed by atoms with E-state index in [0.29, 0.717) is 23.6 Å². The Hall–Kier alpha value is -1.69. The molecule has 0 amide bonds. The van der Waals surface area contributed by atoms with E-state index in [2.05, 4.69) is 9.80 Å². The maximum atomic E-state index is 14.7. The normalized spacial score (nSPS) is 16.4. The zero-order valence-electron chi connectivity index (χ0n) is 16.4. The largest absolute Gasteiger partial charge is 0.395 e. The van der Waals surface area contributed by atoms with Crippen LogP contribution in [0.4, 0.5) is 14.5 Å². The van der Waals surface area contributed by atoms with Gasteiger partial charge < -0.3 is 10.0 Å². The molecule has 0 saturated carbocycles. The summed E-state index contributed by atoms with van der Waals surface area (Å²) < 4.78 is 28.3. The molecule has 0 bridgehead atoms. The smallest absolute Gasteiger partial charge is 0.126 e. The summed E-state index contributed by atoms with van der Waals surface area (Å²) in [6.07, 6.45) is -0.808. The molecule has 1 fully saturated rings. The van der Waals surface area contributed by atoms with Crippen LogP contribution >= 0.6 is 11.6 Å². The van der Waals surface area contributed by atoms with Crippen molar-refractivity contribution in [1.82, 2.24) is 4.90 Å². The number of β-amino-alcohol motifs (C(OH)–C–C–N with tert-alkyl or cyclic N) is 1. The fourth-order valence-electron chi connectivity index (χ4n) is 3.76. The molecule has 1 N–H and O–H groups in total. The number of hydrogen-bond donors (Lipinski definition) is 1. The first-order valence-electron chi connectivity index (χ1n) is 9.76. The van der Waals surface area contributed by atoms with Crippen LogP contribution in [0.1, 0.15) is 30.6 Å². The Morgan fingerprint density at radius 3 is 2.43 bits per heavy atom. The fourth-order valence-corrected chi connectivity index (χ4v) is 4.09. The average molecular weight is 409 g/mol. The molecule has 0 aliphatic carbocycles. The highest BCUT2D eigenvalue weighted by Gasteiger charge is 2.22. The van der Waals surface area contributed by atoms with Gasteiger partial charge in [-0.1, -0.05) is 24.6 Å². The van der Waals surface area contributed by atoms with E-state index in [9.17, 15) is 8.78 Å². The summed E-state index contributed by atoms with van der Waals surface area (Å²) in [5, 5.41) is 9.52. The Labute approximate surface area is 170 Å². The number of benzene rings is 2. The van der Waals surface area contributed by atoms with Crippen LogP contribution in [0.2, 0.25) is 5.02 Å². The second kappa shape index (κ2) is 9.21. The molecule has 6 heteroatoms. The number of piperazine rings is 1. The van der Waals surface area contributed by atoms with E-state index in [-0.39, 0.29) is 12.4 Å². The molecule has 0 spiro atoms. The number of nitrogens with zero attached hydrogens (tertiary/aromatic N) is 2. The molecule has 0 aromatic heterocycles. The highest BCUT2D eigenvalue weighted by Crippen LogP contribution is 2.41. The summed E-state index contributed by atoms with van der Waals surface area (Å²) in [5.74, 6) is -0.300. The van der Waals surface area contributed by atoms with Crippen molar-refractivity contribution in [3.05, 3.63) is 52.3 Å². The number of aliphatic hydroxyl groups excluding tert-OH is 1. The second-order valence-electron chi connectivity index (χ2n) is 7.28. The van der Waals surface area contributed by atoms with Crippen LogP contribution < -0.4 is 4.90 Å². The summed E-state index contributed by atoms with van der Waals surface area (Å²) in [6, 6.07) is 8.42. The molecule has 1 aliphatic rings. The van der Waals surface area contributed by atoms with Gasteiger partial charge in [0.25, 0.3) is 0 Å². The standard InChI is InChI=1S/C22H27ClF2N2O/c1-3-21(25)20-14-17(27-8-6-26(7-9-27)10-11-28)13-19(22(20)23)18-5-4-16(24)12-15(18)2/h4-5,12-14,21,28H,3,6-11H2,1-2H3/t21-/m1/s1. The number of rotatable bonds is 6. The molecular formula is C22H27ClF2N2O. The number of anilines is 1. The van der Waals surface area contributed by atoms with Crippen LogP contribution in [-0.2, 0) is 0 Å². The van der Waals surface area contributed by atoms with Crippen molar-refractivity contribution in [3.63, 3.8) is 0 Å². The number of halogens is 3. The number of hydrogen-bond acceptors (Lipinski definition) is 3. The molecule has 1 saturated heterocycles. The van der Waals surface area contributed by atoms with Crippen LogP contribution in [0, 0.1) is 12.7 Å². The van der Waals surface area contributed by atoms with Gasteiger partial charge in [0, 0.05) is 49.5 Å². The van der Waals surface area contributed by atoms with Gasteiger partial charge in [0.1, 0.15) is 12.0 Å². The van der Waals surface area contributed by atoms with Gasteiger partial charge in [-0.05, 0) is 48.7 Å². The average Bonchev–Trinajstić information content (AvgIpc) is 2.69.